The van der Waals surface area contributed by atoms with Crippen LogP contribution in [-0.2, 0) is 9.47 Å². The van der Waals surface area contributed by atoms with Gasteiger partial charge < -0.3 is 23.7 Å². The molecule has 7 nitrogen and oxygen atoms in total. The Bertz CT molecular complexity index is 1370. The van der Waals surface area contributed by atoms with Crippen LogP contribution in [0.15, 0.2) is 52.9 Å². The molecule has 7 heteroatoms. The molecule has 5 rings (SSSR count). The minimum Gasteiger partial charge on any atom is -0.507 e. The van der Waals surface area contributed by atoms with E-state index >= 15 is 0 Å². The summed E-state index contributed by atoms with van der Waals surface area (Å²) in [7, 11) is 1.63. The Labute approximate surface area is 203 Å². The van der Waals surface area contributed by atoms with Gasteiger partial charge in [-0.05, 0) is 31.5 Å². The van der Waals surface area contributed by atoms with Crippen LogP contribution >= 0.6 is 0 Å². The molecule has 0 aliphatic carbocycles. The number of carbonyl (C=O) groups is 1. The third-order valence-corrected chi connectivity index (χ3v) is 6.63. The number of ether oxygens (including phenoxy) is 3. The van der Waals surface area contributed by atoms with Gasteiger partial charge in [-0.2, -0.15) is 0 Å². The van der Waals surface area contributed by atoms with Crippen LogP contribution in [0, 0.1) is 6.92 Å². The predicted octanol–water partition coefficient (Wildman–Crippen LogP) is 5.21. The molecule has 0 bridgehead atoms. The van der Waals surface area contributed by atoms with Crippen molar-refractivity contribution in [2.24, 2.45) is 0 Å². The van der Waals surface area contributed by atoms with Crippen LogP contribution in [0.4, 0.5) is 0 Å². The number of aryl methyl sites for hydroxylation is 1. The van der Waals surface area contributed by atoms with Crippen molar-refractivity contribution >= 4 is 27.7 Å². The molecule has 1 atom stereocenters. The van der Waals surface area contributed by atoms with Gasteiger partial charge in [0.05, 0.1) is 33.0 Å². The number of hydrogen-bond acceptors (Lipinski definition) is 7. The van der Waals surface area contributed by atoms with Crippen LogP contribution in [0.2, 0.25) is 0 Å². The normalized spacial score (nSPS) is 15.4. The van der Waals surface area contributed by atoms with E-state index in [9.17, 15) is 9.90 Å². The minimum atomic E-state index is -0.463. The molecule has 4 aromatic rings. The van der Waals surface area contributed by atoms with Gasteiger partial charge in [0, 0.05) is 34.8 Å². The zero-order valence-corrected chi connectivity index (χ0v) is 20.2. The molecule has 0 amide bonds. The first kappa shape index (κ1) is 23.2. The third kappa shape index (κ3) is 4.00. The number of fused-ring (bicyclic) bond motifs is 3. The summed E-state index contributed by atoms with van der Waals surface area (Å²) in [6.07, 6.45) is 0. The van der Waals surface area contributed by atoms with Gasteiger partial charge in [0.15, 0.2) is 0 Å². The van der Waals surface area contributed by atoms with Crippen LogP contribution in [-0.4, -0.2) is 56.0 Å². The zero-order chi connectivity index (χ0) is 24.5. The number of rotatable bonds is 6. The number of furan rings is 1. The fourth-order valence-electron chi connectivity index (χ4n) is 5.04. The number of carbonyl (C=O) groups excluding carboxylic acids is 1. The Hall–Kier alpha value is -3.55. The van der Waals surface area contributed by atoms with Gasteiger partial charge in [-0.15, -0.1) is 0 Å². The quantitative estimate of drug-likeness (QED) is 0.384. The number of aromatic hydroxyl groups is 1. The van der Waals surface area contributed by atoms with E-state index in [4.69, 9.17) is 18.6 Å². The smallest absolute Gasteiger partial charge is 0.342 e. The van der Waals surface area contributed by atoms with E-state index < -0.39 is 5.97 Å². The topological polar surface area (TPSA) is 81.4 Å². The summed E-state index contributed by atoms with van der Waals surface area (Å²) in [4.78, 5) is 15.4. The molecule has 2 heterocycles. The first-order valence-corrected chi connectivity index (χ1v) is 11.8. The molecule has 3 aromatic carbocycles. The van der Waals surface area contributed by atoms with E-state index in [0.29, 0.717) is 59.5 Å². The molecule has 1 N–H and O–H groups in total. The van der Waals surface area contributed by atoms with Crippen LogP contribution in [0.5, 0.6) is 11.5 Å². The Kier molecular flexibility index (Phi) is 6.36. The van der Waals surface area contributed by atoms with Crippen LogP contribution < -0.4 is 4.74 Å². The fourth-order valence-corrected chi connectivity index (χ4v) is 5.04. The summed E-state index contributed by atoms with van der Waals surface area (Å²) < 4.78 is 22.6. The highest BCUT2D eigenvalue weighted by Crippen LogP contribution is 2.47. The maximum absolute atomic E-state index is 13.1. The van der Waals surface area contributed by atoms with Crippen molar-refractivity contribution in [2.45, 2.75) is 19.9 Å². The summed E-state index contributed by atoms with van der Waals surface area (Å²) in [6, 6.07) is 15.0. The van der Waals surface area contributed by atoms with Crippen LogP contribution in [0.3, 0.4) is 0 Å². The van der Waals surface area contributed by atoms with Crippen molar-refractivity contribution < 1.29 is 28.5 Å². The summed E-state index contributed by atoms with van der Waals surface area (Å²) in [5.41, 5.74) is 2.52. The lowest BCUT2D eigenvalue weighted by atomic mass is 9.88. The van der Waals surface area contributed by atoms with Gasteiger partial charge in [-0.1, -0.05) is 36.4 Å². The number of nitrogens with zero attached hydrogens (tertiary/aromatic N) is 1. The molecular weight excluding hydrogens is 446 g/mol. The summed E-state index contributed by atoms with van der Waals surface area (Å²) in [6.45, 7) is 6.30. The van der Waals surface area contributed by atoms with Crippen molar-refractivity contribution in [1.29, 1.82) is 0 Å². The van der Waals surface area contributed by atoms with E-state index in [-0.39, 0.29) is 18.4 Å². The number of benzene rings is 3. The van der Waals surface area contributed by atoms with Gasteiger partial charge >= 0.3 is 5.97 Å². The number of morpholine rings is 1. The molecule has 0 saturated carbocycles. The Balaban J connectivity index is 1.87. The van der Waals surface area contributed by atoms with Crippen LogP contribution in [0.1, 0.15) is 40.2 Å². The van der Waals surface area contributed by atoms with E-state index in [1.165, 1.54) is 0 Å². The summed E-state index contributed by atoms with van der Waals surface area (Å²) in [5, 5.41) is 13.8. The van der Waals surface area contributed by atoms with Crippen molar-refractivity contribution in [3.05, 3.63) is 71.0 Å². The lowest BCUT2D eigenvalue weighted by Crippen LogP contribution is -2.39. The molecule has 1 aromatic heterocycles. The number of methoxy groups -OCH3 is 1. The molecule has 35 heavy (non-hydrogen) atoms. The summed E-state index contributed by atoms with van der Waals surface area (Å²) in [5.74, 6) is 0.876. The van der Waals surface area contributed by atoms with Gasteiger partial charge in [0.1, 0.15) is 28.4 Å². The molecule has 0 unspecified atom stereocenters. The first-order valence-electron chi connectivity index (χ1n) is 11.8. The van der Waals surface area contributed by atoms with E-state index in [0.717, 1.165) is 16.7 Å². The van der Waals surface area contributed by atoms with Gasteiger partial charge in [0.2, 0.25) is 0 Å². The molecule has 0 spiro atoms. The first-order chi connectivity index (χ1) is 17.0. The highest BCUT2D eigenvalue weighted by Gasteiger charge is 2.34. The molecule has 1 aliphatic heterocycles. The molecule has 182 valence electrons. The lowest BCUT2D eigenvalue weighted by molar-refractivity contribution is 0.0238. The lowest BCUT2D eigenvalue weighted by Gasteiger charge is -2.36. The number of hydrogen-bond donors (Lipinski definition) is 1. The Morgan fingerprint density at radius 3 is 2.43 bits per heavy atom. The van der Waals surface area contributed by atoms with Crippen molar-refractivity contribution in [2.75, 3.05) is 40.0 Å². The maximum Gasteiger partial charge on any atom is 0.342 e. The second kappa shape index (κ2) is 9.60. The van der Waals surface area contributed by atoms with Gasteiger partial charge in [-0.3, -0.25) is 4.90 Å². The molecule has 1 saturated heterocycles. The fraction of sp³-hybridized carbons (Fsp3) is 0.321. The molecule has 0 radical (unpaired) electrons. The average Bonchev–Trinajstić information content (AvgIpc) is 3.24. The number of esters is 1. The average molecular weight is 476 g/mol. The minimum absolute atomic E-state index is 0.131. The summed E-state index contributed by atoms with van der Waals surface area (Å²) >= 11 is 0. The second-order valence-electron chi connectivity index (χ2n) is 8.59. The monoisotopic (exact) mass is 475 g/mol. The molecule has 1 aliphatic rings. The van der Waals surface area contributed by atoms with Crippen molar-refractivity contribution in [1.82, 2.24) is 4.90 Å². The highest BCUT2D eigenvalue weighted by molar-refractivity contribution is 6.16. The second-order valence-corrected chi connectivity index (χ2v) is 8.59. The van der Waals surface area contributed by atoms with Gasteiger partial charge in [0.25, 0.3) is 0 Å². The predicted molar refractivity (Wildman–Crippen MR) is 133 cm³/mol. The van der Waals surface area contributed by atoms with Gasteiger partial charge in [-0.25, -0.2) is 4.79 Å². The van der Waals surface area contributed by atoms with Crippen molar-refractivity contribution in [3.63, 3.8) is 0 Å². The SMILES string of the molecule is CCOC(=O)c1c(C)oc2c1c([C@@H](c1ccc(OC)cc1)N1CCOCC1)c(O)c1ccccc12. The standard InChI is InChI=1S/C28H29NO6/c1-4-34-28(31)22-17(2)35-27-21-8-6-5-7-20(21)26(30)24(23(22)27)25(29-13-15-33-16-14-29)18-9-11-19(32-3)12-10-18/h5-12,25,30H,4,13-16H2,1-3H3/t25-/m1/s1. The third-order valence-electron chi connectivity index (χ3n) is 6.63. The number of phenolic OH excluding ortho intramolecular Hbond substituents is 1. The van der Waals surface area contributed by atoms with E-state index in [1.54, 1.807) is 21.0 Å². The van der Waals surface area contributed by atoms with E-state index in [2.05, 4.69) is 4.90 Å². The van der Waals surface area contributed by atoms with E-state index in [1.807, 2.05) is 48.5 Å². The maximum atomic E-state index is 13.1. The Morgan fingerprint density at radius 2 is 1.77 bits per heavy atom. The van der Waals surface area contributed by atoms with Crippen molar-refractivity contribution in [3.8, 4) is 11.5 Å². The largest absolute Gasteiger partial charge is 0.507 e. The highest BCUT2D eigenvalue weighted by atomic mass is 16.5. The number of phenols is 1. The van der Waals surface area contributed by atoms with Crippen LogP contribution in [0.25, 0.3) is 21.7 Å². The molecular formula is C28H29NO6. The molecule has 1 fully saturated rings. The Morgan fingerprint density at radius 1 is 1.09 bits per heavy atom. The zero-order valence-electron chi connectivity index (χ0n) is 20.2.